The van der Waals surface area contributed by atoms with E-state index >= 15 is 0 Å². The average molecular weight is 744 g/mol. The fourth-order valence-corrected chi connectivity index (χ4v) is 9.79. The number of benzene rings is 7. The second-order valence-corrected chi connectivity index (χ2v) is 15.2. The Morgan fingerprint density at radius 1 is 0.362 bits per heavy atom. The molecule has 272 valence electrons. The van der Waals surface area contributed by atoms with E-state index in [1.165, 1.54) is 32.8 Å². The van der Waals surface area contributed by atoms with Gasteiger partial charge in [0.25, 0.3) is 0 Å². The minimum atomic E-state index is 0.560. The normalized spacial score (nSPS) is 13.4. The summed E-state index contributed by atoms with van der Waals surface area (Å²) in [5.74, 6) is 1.13. The largest absolute Gasteiger partial charge is 0.308 e. The predicted molar refractivity (Wildman–Crippen MR) is 238 cm³/mol. The standard InChI is InChI=1S/C51H33N7/c1-3-15-32(16-4-1)55-42-23-11-7-19-34(42)38-27-29-40-36-21-9-13-25-44(36)57(48(40)46(38)55)50-52-31-53-51(54-50)58-45-26-14-10-22-37(45)41-30-28-39-35-20-8-12-24-43(35)56(47(39)49(41)58)33-17-5-2-6-18-33/h1,3-5,7-31H,2,6H2. The van der Waals surface area contributed by atoms with Gasteiger partial charge in [0, 0.05) is 54.5 Å². The highest BCUT2D eigenvalue weighted by Gasteiger charge is 2.25. The van der Waals surface area contributed by atoms with Crippen LogP contribution in [0.15, 0.2) is 176 Å². The van der Waals surface area contributed by atoms with Crippen LogP contribution in [0.25, 0.3) is 111 Å². The molecule has 7 nitrogen and oxygen atoms in total. The molecule has 0 saturated carbocycles. The van der Waals surface area contributed by atoms with E-state index in [-0.39, 0.29) is 0 Å². The molecule has 1 aliphatic carbocycles. The minimum Gasteiger partial charge on any atom is -0.308 e. The van der Waals surface area contributed by atoms with Crippen molar-refractivity contribution in [1.82, 2.24) is 33.2 Å². The molecule has 0 spiro atoms. The van der Waals surface area contributed by atoms with Gasteiger partial charge in [-0.3, -0.25) is 9.13 Å². The Bertz CT molecular complexity index is 3740. The molecule has 7 aromatic carbocycles. The number of hydrogen-bond donors (Lipinski definition) is 0. The van der Waals surface area contributed by atoms with Gasteiger partial charge in [0.2, 0.25) is 11.9 Å². The maximum absolute atomic E-state index is 5.48. The highest BCUT2D eigenvalue weighted by Crippen LogP contribution is 2.43. The van der Waals surface area contributed by atoms with E-state index < -0.39 is 0 Å². The lowest BCUT2D eigenvalue weighted by molar-refractivity contribution is 0.886. The number of para-hydroxylation sites is 5. The molecule has 0 N–H and O–H groups in total. The fourth-order valence-electron chi connectivity index (χ4n) is 9.79. The Kier molecular flexibility index (Phi) is 6.43. The Morgan fingerprint density at radius 2 is 0.776 bits per heavy atom. The van der Waals surface area contributed by atoms with Crippen LogP contribution in [0, 0.1) is 0 Å². The Balaban J connectivity index is 1.17. The number of nitrogens with zero attached hydrogens (tertiary/aromatic N) is 7. The summed E-state index contributed by atoms with van der Waals surface area (Å²) in [5, 5.41) is 9.37. The van der Waals surface area contributed by atoms with Gasteiger partial charge in [0.05, 0.1) is 44.1 Å². The summed E-state index contributed by atoms with van der Waals surface area (Å²) in [6, 6.07) is 54.3. The Morgan fingerprint density at radius 3 is 1.26 bits per heavy atom. The lowest BCUT2D eigenvalue weighted by atomic mass is 10.1. The van der Waals surface area contributed by atoms with E-state index in [0.717, 1.165) is 78.7 Å². The van der Waals surface area contributed by atoms with Crippen LogP contribution >= 0.6 is 0 Å². The molecule has 0 amide bonds. The smallest absolute Gasteiger partial charge is 0.239 e. The molecule has 0 saturated heterocycles. The van der Waals surface area contributed by atoms with Gasteiger partial charge < -0.3 is 9.13 Å². The molecule has 58 heavy (non-hydrogen) atoms. The highest BCUT2D eigenvalue weighted by molar-refractivity contribution is 6.25. The molecule has 0 atom stereocenters. The molecule has 7 heteroatoms. The van der Waals surface area contributed by atoms with Crippen molar-refractivity contribution >= 4 is 92.9 Å². The van der Waals surface area contributed by atoms with Crippen molar-refractivity contribution in [3.8, 4) is 17.6 Å². The quantitative estimate of drug-likeness (QED) is 0.180. The van der Waals surface area contributed by atoms with Gasteiger partial charge in [-0.25, -0.2) is 9.97 Å². The third-order valence-electron chi connectivity index (χ3n) is 12.1. The molecule has 5 heterocycles. The summed E-state index contributed by atoms with van der Waals surface area (Å²) in [5.41, 5.74) is 11.1. The van der Waals surface area contributed by atoms with E-state index in [4.69, 9.17) is 15.0 Å². The van der Waals surface area contributed by atoms with Gasteiger partial charge in [-0.05, 0) is 55.3 Å². The van der Waals surface area contributed by atoms with Crippen molar-refractivity contribution in [1.29, 1.82) is 0 Å². The molecule has 0 fully saturated rings. The van der Waals surface area contributed by atoms with Crippen molar-refractivity contribution in [2.75, 3.05) is 0 Å². The topological polar surface area (TPSA) is 58.4 Å². The molecule has 0 aliphatic heterocycles. The number of rotatable bonds is 4. The molecule has 1 aliphatic rings. The van der Waals surface area contributed by atoms with Crippen LogP contribution in [-0.2, 0) is 0 Å². The van der Waals surface area contributed by atoms with Gasteiger partial charge in [0.15, 0.2) is 0 Å². The first-order valence-corrected chi connectivity index (χ1v) is 19.9. The number of allylic oxidation sites excluding steroid dienone is 4. The zero-order valence-electron chi connectivity index (χ0n) is 31.3. The maximum Gasteiger partial charge on any atom is 0.239 e. The summed E-state index contributed by atoms with van der Waals surface area (Å²) in [7, 11) is 0. The first kappa shape index (κ1) is 31.4. The van der Waals surface area contributed by atoms with Gasteiger partial charge >= 0.3 is 0 Å². The molecular formula is C51H33N7. The Labute approximate surface area is 331 Å². The summed E-state index contributed by atoms with van der Waals surface area (Å²) < 4.78 is 9.33. The van der Waals surface area contributed by atoms with Crippen molar-refractivity contribution in [2.45, 2.75) is 12.8 Å². The van der Waals surface area contributed by atoms with Crippen molar-refractivity contribution in [2.24, 2.45) is 0 Å². The average Bonchev–Trinajstić information content (AvgIpc) is 4.02. The molecule has 0 bridgehead atoms. The summed E-state index contributed by atoms with van der Waals surface area (Å²) in [4.78, 5) is 15.5. The van der Waals surface area contributed by atoms with Gasteiger partial charge in [-0.2, -0.15) is 4.98 Å². The third-order valence-corrected chi connectivity index (χ3v) is 12.1. The summed E-state index contributed by atoms with van der Waals surface area (Å²) in [6.07, 6.45) is 10.6. The minimum absolute atomic E-state index is 0.560. The van der Waals surface area contributed by atoms with Crippen LogP contribution in [0.4, 0.5) is 0 Å². The summed E-state index contributed by atoms with van der Waals surface area (Å²) in [6.45, 7) is 0. The van der Waals surface area contributed by atoms with Gasteiger partial charge in [0.1, 0.15) is 6.33 Å². The van der Waals surface area contributed by atoms with E-state index in [2.05, 4.69) is 188 Å². The van der Waals surface area contributed by atoms with Crippen LogP contribution in [-0.4, -0.2) is 33.2 Å². The van der Waals surface area contributed by atoms with Crippen LogP contribution in [0.2, 0.25) is 0 Å². The number of hydrogen-bond acceptors (Lipinski definition) is 3. The number of fused-ring (bicyclic) bond motifs is 14. The van der Waals surface area contributed by atoms with Crippen molar-refractivity contribution in [3.05, 3.63) is 176 Å². The second kappa shape index (κ2) is 11.9. The number of aromatic nitrogens is 7. The monoisotopic (exact) mass is 743 g/mol. The highest BCUT2D eigenvalue weighted by atomic mass is 15.3. The van der Waals surface area contributed by atoms with E-state index in [9.17, 15) is 0 Å². The van der Waals surface area contributed by atoms with Gasteiger partial charge in [-0.15, -0.1) is 0 Å². The first-order valence-electron chi connectivity index (χ1n) is 19.9. The first-order chi connectivity index (χ1) is 28.8. The van der Waals surface area contributed by atoms with Crippen LogP contribution in [0.1, 0.15) is 12.8 Å². The van der Waals surface area contributed by atoms with Crippen LogP contribution in [0.3, 0.4) is 0 Å². The van der Waals surface area contributed by atoms with E-state index in [1.807, 2.05) is 0 Å². The molecule has 13 rings (SSSR count). The van der Waals surface area contributed by atoms with Crippen LogP contribution < -0.4 is 0 Å². The molecule has 12 aromatic rings. The molecule has 5 aromatic heterocycles. The Hall–Kier alpha value is -7.77. The molecule has 0 unspecified atom stereocenters. The lowest BCUT2D eigenvalue weighted by Gasteiger charge is -2.14. The third kappa shape index (κ3) is 4.19. The van der Waals surface area contributed by atoms with Crippen molar-refractivity contribution < 1.29 is 0 Å². The van der Waals surface area contributed by atoms with Crippen LogP contribution in [0.5, 0.6) is 0 Å². The summed E-state index contributed by atoms with van der Waals surface area (Å²) >= 11 is 0. The molecular weight excluding hydrogens is 711 g/mol. The van der Waals surface area contributed by atoms with E-state index in [1.54, 1.807) is 6.33 Å². The molecule has 0 radical (unpaired) electrons. The SMILES string of the molecule is C1=CC(n2c3ccccc3c3ccc4c5ccccc5n(-c5ncnc(-n6c7ccccc7c7ccc8c9ccccc9n(-c9ccccc9)c8c76)n5)c4c32)=CCC1. The zero-order chi connectivity index (χ0) is 37.9. The fraction of sp³-hybridized carbons (Fsp3) is 0.0392. The second-order valence-electron chi connectivity index (χ2n) is 15.2. The maximum atomic E-state index is 5.48. The van der Waals surface area contributed by atoms with Crippen molar-refractivity contribution in [3.63, 3.8) is 0 Å². The van der Waals surface area contributed by atoms with E-state index in [0.29, 0.717) is 11.9 Å². The zero-order valence-corrected chi connectivity index (χ0v) is 31.3. The lowest BCUT2D eigenvalue weighted by Crippen LogP contribution is -2.09. The van der Waals surface area contributed by atoms with Gasteiger partial charge in [-0.1, -0.05) is 127 Å². The predicted octanol–water partition coefficient (Wildman–Crippen LogP) is 12.5.